The summed E-state index contributed by atoms with van der Waals surface area (Å²) in [5.74, 6) is 5.96. The summed E-state index contributed by atoms with van der Waals surface area (Å²) in [5, 5.41) is 23.1. The molecule has 1 saturated carbocycles. The van der Waals surface area contributed by atoms with Gasteiger partial charge in [-0.25, -0.2) is 0 Å². The maximum Gasteiger partial charge on any atom is 0.416 e. The van der Waals surface area contributed by atoms with E-state index in [0.717, 1.165) is 49.9 Å². The average molecular weight is 401 g/mol. The Hall–Kier alpha value is -2.78. The third kappa shape index (κ3) is 5.61. The molecule has 0 aliphatic heterocycles. The second-order valence-corrected chi connectivity index (χ2v) is 7.28. The summed E-state index contributed by atoms with van der Waals surface area (Å²) in [7, 11) is 0. The number of rotatable bonds is 2. The monoisotopic (exact) mass is 401 g/mol. The summed E-state index contributed by atoms with van der Waals surface area (Å²) < 4.78 is 38.6. The molecule has 2 aromatic rings. The number of aliphatic hydroxyl groups is 1. The van der Waals surface area contributed by atoms with Crippen LogP contribution in [0.1, 0.15) is 55.2 Å². The molecule has 0 atom stereocenters. The lowest BCUT2D eigenvalue weighted by Gasteiger charge is -2.19. The molecule has 2 aromatic carbocycles. The molecular formula is C23H22F3NO2. The highest BCUT2D eigenvalue weighted by molar-refractivity contribution is 5.81. The molecule has 1 fully saturated rings. The van der Waals surface area contributed by atoms with Crippen molar-refractivity contribution in [3.63, 3.8) is 0 Å². The van der Waals surface area contributed by atoms with Crippen molar-refractivity contribution < 1.29 is 23.0 Å². The third-order valence-corrected chi connectivity index (χ3v) is 5.03. The normalized spacial score (nSPS) is 17.2. The van der Waals surface area contributed by atoms with Gasteiger partial charge in [0.15, 0.2) is 6.21 Å². The Morgan fingerprint density at radius 1 is 0.966 bits per heavy atom. The van der Waals surface area contributed by atoms with Crippen LogP contribution in [0.4, 0.5) is 18.9 Å². The van der Waals surface area contributed by atoms with Gasteiger partial charge in [0, 0.05) is 17.7 Å². The summed E-state index contributed by atoms with van der Waals surface area (Å²) in [5.41, 5.74) is -0.625. The van der Waals surface area contributed by atoms with Gasteiger partial charge < -0.3 is 10.3 Å². The van der Waals surface area contributed by atoms with Crippen molar-refractivity contribution in [3.05, 3.63) is 70.4 Å². The standard InChI is InChI=1S/C23H22F3NO2/c24-23(25,26)20-9-11-21(12-10-20)27(29)17-19-8-4-3-7-18(19)13-16-22(28)14-5-1-2-6-15-22/h3-4,7-12,17,28H,1-2,5-6,14-15H2/b27-17-. The van der Waals surface area contributed by atoms with Crippen molar-refractivity contribution in [2.75, 3.05) is 0 Å². The van der Waals surface area contributed by atoms with Gasteiger partial charge in [-0.3, -0.25) is 0 Å². The van der Waals surface area contributed by atoms with Crippen molar-refractivity contribution >= 4 is 11.9 Å². The number of alkyl halides is 3. The minimum atomic E-state index is -4.45. The quantitative estimate of drug-likeness (QED) is 0.183. The number of benzene rings is 2. The Morgan fingerprint density at radius 2 is 1.59 bits per heavy atom. The Labute approximate surface area is 168 Å². The molecule has 6 heteroatoms. The van der Waals surface area contributed by atoms with Gasteiger partial charge in [0.2, 0.25) is 5.69 Å². The van der Waals surface area contributed by atoms with Crippen molar-refractivity contribution in [3.8, 4) is 11.8 Å². The molecule has 0 heterocycles. The van der Waals surface area contributed by atoms with Gasteiger partial charge in [0.1, 0.15) is 5.60 Å². The highest BCUT2D eigenvalue weighted by Gasteiger charge is 2.30. The molecule has 0 spiro atoms. The first-order chi connectivity index (χ1) is 13.8. The second kappa shape index (κ2) is 8.71. The van der Waals surface area contributed by atoms with E-state index in [4.69, 9.17) is 0 Å². The number of hydrogen-bond acceptors (Lipinski definition) is 2. The summed E-state index contributed by atoms with van der Waals surface area (Å²) in [4.78, 5) is 0. The van der Waals surface area contributed by atoms with Gasteiger partial charge in [-0.2, -0.15) is 17.9 Å². The Morgan fingerprint density at radius 3 is 2.21 bits per heavy atom. The summed E-state index contributed by atoms with van der Waals surface area (Å²) in [6.07, 6.45) is 2.14. The number of halogens is 3. The zero-order valence-electron chi connectivity index (χ0n) is 15.9. The van der Waals surface area contributed by atoms with Crippen LogP contribution in [0.15, 0.2) is 48.5 Å². The molecule has 0 aromatic heterocycles. The molecule has 1 aliphatic rings. The van der Waals surface area contributed by atoms with Gasteiger partial charge in [0.25, 0.3) is 0 Å². The van der Waals surface area contributed by atoms with Gasteiger partial charge in [-0.05, 0) is 49.9 Å². The van der Waals surface area contributed by atoms with Crippen LogP contribution in [-0.4, -0.2) is 21.7 Å². The van der Waals surface area contributed by atoms with Gasteiger partial charge >= 0.3 is 6.18 Å². The van der Waals surface area contributed by atoms with E-state index in [-0.39, 0.29) is 5.69 Å². The van der Waals surface area contributed by atoms with Crippen molar-refractivity contribution in [2.45, 2.75) is 50.3 Å². The second-order valence-electron chi connectivity index (χ2n) is 7.28. The maximum atomic E-state index is 12.7. The molecule has 1 aliphatic carbocycles. The zero-order valence-corrected chi connectivity index (χ0v) is 15.9. The van der Waals surface area contributed by atoms with Crippen LogP contribution in [0.2, 0.25) is 0 Å². The predicted octanol–water partition coefficient (Wildman–Crippen LogP) is 5.40. The molecule has 0 bridgehead atoms. The predicted molar refractivity (Wildman–Crippen MR) is 106 cm³/mol. The average Bonchev–Trinajstić information content (AvgIpc) is 2.91. The first-order valence-corrected chi connectivity index (χ1v) is 9.60. The summed E-state index contributed by atoms with van der Waals surface area (Å²) in [6.45, 7) is 0. The van der Waals surface area contributed by atoms with Gasteiger partial charge in [-0.1, -0.05) is 36.8 Å². The van der Waals surface area contributed by atoms with E-state index < -0.39 is 17.3 Å². The lowest BCUT2D eigenvalue weighted by molar-refractivity contribution is -0.354. The van der Waals surface area contributed by atoms with Gasteiger partial charge in [0.05, 0.1) is 11.1 Å². The maximum absolute atomic E-state index is 12.7. The lowest BCUT2D eigenvalue weighted by Crippen LogP contribution is -2.25. The van der Waals surface area contributed by atoms with E-state index in [0.29, 0.717) is 28.7 Å². The zero-order chi connectivity index (χ0) is 20.9. The van der Waals surface area contributed by atoms with Crippen LogP contribution in [0.5, 0.6) is 0 Å². The summed E-state index contributed by atoms with van der Waals surface area (Å²) >= 11 is 0. The molecule has 0 amide bonds. The van der Waals surface area contributed by atoms with E-state index in [1.165, 1.54) is 6.21 Å². The highest BCUT2D eigenvalue weighted by atomic mass is 19.4. The van der Waals surface area contributed by atoms with Crippen LogP contribution in [0.3, 0.4) is 0 Å². The number of hydrogen-bond donors (Lipinski definition) is 1. The summed E-state index contributed by atoms with van der Waals surface area (Å²) in [6, 6.07) is 11.0. The lowest BCUT2D eigenvalue weighted by atomic mass is 9.94. The molecule has 1 N–H and O–H groups in total. The van der Waals surface area contributed by atoms with E-state index in [9.17, 15) is 23.5 Å². The Balaban J connectivity index is 1.86. The third-order valence-electron chi connectivity index (χ3n) is 5.03. The molecule has 3 nitrogen and oxygen atoms in total. The fourth-order valence-electron chi connectivity index (χ4n) is 3.34. The number of nitrogens with zero attached hydrogens (tertiary/aromatic N) is 1. The molecule has 3 rings (SSSR count). The smallest absolute Gasteiger partial charge is 0.416 e. The topological polar surface area (TPSA) is 46.3 Å². The van der Waals surface area contributed by atoms with Crippen LogP contribution < -0.4 is 0 Å². The van der Waals surface area contributed by atoms with Crippen LogP contribution in [0.25, 0.3) is 0 Å². The molecule has 0 radical (unpaired) electrons. The molecule has 0 saturated heterocycles. The van der Waals surface area contributed by atoms with E-state index in [2.05, 4.69) is 11.8 Å². The molecule has 152 valence electrons. The van der Waals surface area contributed by atoms with Crippen molar-refractivity contribution in [2.24, 2.45) is 0 Å². The Bertz CT molecular complexity index is 929. The van der Waals surface area contributed by atoms with Crippen molar-refractivity contribution in [1.82, 2.24) is 0 Å². The van der Waals surface area contributed by atoms with E-state index in [1.54, 1.807) is 24.3 Å². The SMILES string of the molecule is [O-]/[N+](=C\c1ccccc1C#CC1(O)CCCCCC1)c1ccc(C(F)(F)F)cc1. The van der Waals surface area contributed by atoms with E-state index >= 15 is 0 Å². The minimum absolute atomic E-state index is 0.0863. The van der Waals surface area contributed by atoms with Gasteiger partial charge in [-0.15, -0.1) is 0 Å². The fourth-order valence-corrected chi connectivity index (χ4v) is 3.34. The van der Waals surface area contributed by atoms with Crippen molar-refractivity contribution in [1.29, 1.82) is 0 Å². The van der Waals surface area contributed by atoms with Crippen LogP contribution >= 0.6 is 0 Å². The first-order valence-electron chi connectivity index (χ1n) is 9.60. The van der Waals surface area contributed by atoms with E-state index in [1.807, 2.05) is 0 Å². The first kappa shape index (κ1) is 20.9. The minimum Gasteiger partial charge on any atom is -0.618 e. The molecular weight excluding hydrogens is 379 g/mol. The van der Waals surface area contributed by atoms with Crippen LogP contribution in [-0.2, 0) is 6.18 Å². The molecule has 29 heavy (non-hydrogen) atoms. The Kier molecular flexibility index (Phi) is 6.29. The largest absolute Gasteiger partial charge is 0.618 e. The molecule has 0 unspecified atom stereocenters. The highest BCUT2D eigenvalue weighted by Crippen LogP contribution is 2.30. The van der Waals surface area contributed by atoms with Crippen LogP contribution in [0, 0.1) is 17.0 Å². The fraction of sp³-hybridized carbons (Fsp3) is 0.348.